The number of aromatic nitrogens is 3. The number of amides is 1. The highest BCUT2D eigenvalue weighted by Gasteiger charge is 2.23. The molecule has 0 N–H and O–H groups in total. The number of hydrogen-bond acceptors (Lipinski definition) is 6. The van der Waals surface area contributed by atoms with Crippen LogP contribution >= 0.6 is 0 Å². The van der Waals surface area contributed by atoms with Gasteiger partial charge in [0.25, 0.3) is 5.91 Å². The number of carbonyl (C=O) groups excluding carboxylic acids is 1. The molecule has 1 saturated heterocycles. The smallest absolute Gasteiger partial charge is 0.260 e. The molecule has 4 rings (SSSR count). The normalized spacial score (nSPS) is 14.8. The number of methoxy groups -OCH3 is 1. The Bertz CT molecular complexity index is 1070. The number of rotatable bonds is 6. The molecule has 0 spiro atoms. The van der Waals surface area contributed by atoms with Gasteiger partial charge in [0.05, 0.1) is 12.5 Å². The van der Waals surface area contributed by atoms with Gasteiger partial charge in [-0.05, 0) is 43.2 Å². The first-order valence-corrected chi connectivity index (χ1v) is 10.5. The topological polar surface area (TPSA) is 72.7 Å². The fourth-order valence-corrected chi connectivity index (χ4v) is 4.02. The summed E-state index contributed by atoms with van der Waals surface area (Å²) >= 11 is 0. The number of hydrogen-bond donors (Lipinski definition) is 0. The molecular formula is C23H29N5O3. The van der Waals surface area contributed by atoms with Crippen molar-refractivity contribution in [3.63, 3.8) is 0 Å². The van der Waals surface area contributed by atoms with Crippen LogP contribution in [0, 0.1) is 13.8 Å². The molecule has 3 aromatic rings. The number of aryl methyl sites for hydroxylation is 3. The van der Waals surface area contributed by atoms with Crippen molar-refractivity contribution in [1.29, 1.82) is 0 Å². The van der Waals surface area contributed by atoms with Crippen molar-refractivity contribution in [2.45, 2.75) is 20.4 Å². The van der Waals surface area contributed by atoms with Crippen molar-refractivity contribution in [2.75, 3.05) is 39.9 Å². The largest absolute Gasteiger partial charge is 0.497 e. The molecule has 0 aliphatic carbocycles. The highest BCUT2D eigenvalue weighted by atomic mass is 16.5. The minimum Gasteiger partial charge on any atom is -0.497 e. The molecule has 8 heteroatoms. The summed E-state index contributed by atoms with van der Waals surface area (Å²) in [5.74, 6) is 1.32. The van der Waals surface area contributed by atoms with E-state index in [2.05, 4.69) is 27.1 Å². The molecule has 1 aliphatic rings. The predicted octanol–water partition coefficient (Wildman–Crippen LogP) is 2.32. The number of piperazine rings is 1. The molecule has 0 saturated carbocycles. The highest BCUT2D eigenvalue weighted by Crippen LogP contribution is 2.27. The van der Waals surface area contributed by atoms with E-state index < -0.39 is 0 Å². The van der Waals surface area contributed by atoms with E-state index in [4.69, 9.17) is 9.47 Å². The van der Waals surface area contributed by atoms with E-state index in [1.807, 2.05) is 44.0 Å². The fraction of sp³-hybridized carbons (Fsp3) is 0.435. The third kappa shape index (κ3) is 4.64. The summed E-state index contributed by atoms with van der Waals surface area (Å²) in [5, 5.41) is 5.29. The average molecular weight is 424 g/mol. The second kappa shape index (κ2) is 8.93. The van der Waals surface area contributed by atoms with Gasteiger partial charge in [-0.1, -0.05) is 12.1 Å². The zero-order valence-corrected chi connectivity index (χ0v) is 18.6. The maximum Gasteiger partial charge on any atom is 0.260 e. The summed E-state index contributed by atoms with van der Waals surface area (Å²) in [4.78, 5) is 21.5. The van der Waals surface area contributed by atoms with Crippen LogP contribution in [0.4, 0.5) is 0 Å². The summed E-state index contributed by atoms with van der Waals surface area (Å²) in [7, 11) is 3.51. The molecular weight excluding hydrogens is 394 g/mol. The molecule has 31 heavy (non-hydrogen) atoms. The van der Waals surface area contributed by atoms with Gasteiger partial charge in [-0.15, -0.1) is 5.10 Å². The van der Waals surface area contributed by atoms with E-state index in [0.717, 1.165) is 47.7 Å². The van der Waals surface area contributed by atoms with Gasteiger partial charge in [-0.2, -0.15) is 0 Å². The molecule has 1 amide bonds. The van der Waals surface area contributed by atoms with Crippen LogP contribution in [-0.4, -0.2) is 70.4 Å². The number of ether oxygens (including phenoxy) is 2. The highest BCUT2D eigenvalue weighted by molar-refractivity contribution is 5.85. The van der Waals surface area contributed by atoms with Gasteiger partial charge in [0.15, 0.2) is 12.3 Å². The molecule has 0 radical (unpaired) electrons. The van der Waals surface area contributed by atoms with E-state index in [-0.39, 0.29) is 12.5 Å². The van der Waals surface area contributed by atoms with Crippen LogP contribution in [0.1, 0.15) is 16.8 Å². The molecule has 8 nitrogen and oxygen atoms in total. The molecule has 0 atom stereocenters. The van der Waals surface area contributed by atoms with Crippen LogP contribution in [0.5, 0.6) is 11.6 Å². The van der Waals surface area contributed by atoms with Gasteiger partial charge in [0, 0.05) is 45.5 Å². The van der Waals surface area contributed by atoms with Gasteiger partial charge in [0.1, 0.15) is 5.75 Å². The van der Waals surface area contributed by atoms with Gasteiger partial charge in [0.2, 0.25) is 5.88 Å². The minimum atomic E-state index is -0.0160. The number of carbonyl (C=O) groups is 1. The second-order valence-corrected chi connectivity index (χ2v) is 8.00. The summed E-state index contributed by atoms with van der Waals surface area (Å²) in [6, 6.07) is 10.1. The first-order valence-electron chi connectivity index (χ1n) is 10.5. The maximum atomic E-state index is 12.7. The summed E-state index contributed by atoms with van der Waals surface area (Å²) in [6.07, 6.45) is 0. The average Bonchev–Trinajstić information content (AvgIpc) is 3.08. The third-order valence-corrected chi connectivity index (χ3v) is 5.71. The lowest BCUT2D eigenvalue weighted by Crippen LogP contribution is -2.49. The Kier molecular flexibility index (Phi) is 6.08. The van der Waals surface area contributed by atoms with E-state index in [1.165, 1.54) is 5.56 Å². The lowest BCUT2D eigenvalue weighted by atomic mass is 10.2. The van der Waals surface area contributed by atoms with Crippen LogP contribution in [0.15, 0.2) is 30.3 Å². The Morgan fingerprint density at radius 1 is 1.10 bits per heavy atom. The van der Waals surface area contributed by atoms with Crippen LogP contribution in [0.25, 0.3) is 11.0 Å². The zero-order valence-electron chi connectivity index (χ0n) is 18.6. The van der Waals surface area contributed by atoms with Gasteiger partial charge < -0.3 is 14.4 Å². The first-order chi connectivity index (χ1) is 14.9. The Morgan fingerprint density at radius 3 is 2.48 bits per heavy atom. The predicted molar refractivity (Wildman–Crippen MR) is 118 cm³/mol. The van der Waals surface area contributed by atoms with Crippen molar-refractivity contribution in [1.82, 2.24) is 24.6 Å². The molecule has 1 fully saturated rings. The molecule has 164 valence electrons. The van der Waals surface area contributed by atoms with Gasteiger partial charge in [-0.25, -0.2) is 9.67 Å². The van der Waals surface area contributed by atoms with E-state index >= 15 is 0 Å². The molecule has 1 aromatic carbocycles. The Labute approximate surface area is 182 Å². The second-order valence-electron chi connectivity index (χ2n) is 8.00. The Hall–Kier alpha value is -3.13. The van der Waals surface area contributed by atoms with Gasteiger partial charge in [-0.3, -0.25) is 9.69 Å². The standard InChI is InChI=1S/C23H29N5O3/c1-16-13-17(2)24-22-21(16)23(25-26(22)3)31-15-20(29)28-11-9-27(10-12-28)14-18-5-7-19(30-4)8-6-18/h5-8,13H,9-12,14-15H2,1-4H3. The summed E-state index contributed by atoms with van der Waals surface area (Å²) in [6.45, 7) is 7.89. The quantitative estimate of drug-likeness (QED) is 0.606. The lowest BCUT2D eigenvalue weighted by molar-refractivity contribution is -0.135. The van der Waals surface area contributed by atoms with E-state index in [9.17, 15) is 4.79 Å². The van der Waals surface area contributed by atoms with Crippen molar-refractivity contribution in [2.24, 2.45) is 7.05 Å². The zero-order chi connectivity index (χ0) is 22.0. The Balaban J connectivity index is 1.31. The fourth-order valence-electron chi connectivity index (χ4n) is 4.02. The minimum absolute atomic E-state index is 0.0133. The van der Waals surface area contributed by atoms with E-state index in [0.29, 0.717) is 19.0 Å². The molecule has 3 heterocycles. The van der Waals surface area contributed by atoms with Crippen LogP contribution in [0.3, 0.4) is 0 Å². The monoisotopic (exact) mass is 423 g/mol. The van der Waals surface area contributed by atoms with Crippen LogP contribution < -0.4 is 9.47 Å². The van der Waals surface area contributed by atoms with Crippen molar-refractivity contribution in [3.05, 3.63) is 47.2 Å². The van der Waals surface area contributed by atoms with Crippen molar-refractivity contribution >= 4 is 16.9 Å². The SMILES string of the molecule is COc1ccc(CN2CCN(C(=O)COc3nn(C)c4nc(C)cc(C)c34)CC2)cc1. The summed E-state index contributed by atoms with van der Waals surface area (Å²) < 4.78 is 12.7. The Morgan fingerprint density at radius 2 is 1.81 bits per heavy atom. The van der Waals surface area contributed by atoms with E-state index in [1.54, 1.807) is 11.8 Å². The number of benzene rings is 1. The number of fused-ring (bicyclic) bond motifs is 1. The van der Waals surface area contributed by atoms with Crippen molar-refractivity contribution in [3.8, 4) is 11.6 Å². The van der Waals surface area contributed by atoms with Crippen molar-refractivity contribution < 1.29 is 14.3 Å². The van der Waals surface area contributed by atoms with Crippen LogP contribution in [-0.2, 0) is 18.4 Å². The molecule has 1 aliphatic heterocycles. The summed E-state index contributed by atoms with van der Waals surface area (Å²) in [5.41, 5.74) is 3.99. The lowest BCUT2D eigenvalue weighted by Gasteiger charge is -2.34. The third-order valence-electron chi connectivity index (χ3n) is 5.71. The van der Waals surface area contributed by atoms with Crippen LogP contribution in [0.2, 0.25) is 0 Å². The first kappa shape index (κ1) is 21.1. The van der Waals surface area contributed by atoms with Gasteiger partial charge >= 0.3 is 0 Å². The number of pyridine rings is 1. The molecule has 0 bridgehead atoms. The maximum absolute atomic E-state index is 12.7. The molecule has 0 unspecified atom stereocenters. The molecule has 2 aromatic heterocycles. The number of nitrogens with zero attached hydrogens (tertiary/aromatic N) is 5.